The van der Waals surface area contributed by atoms with Gasteiger partial charge in [0.15, 0.2) is 5.78 Å². The molecule has 1 heterocycles. The molecular weight excluding hydrogens is 346 g/mol. The second-order valence-electron chi connectivity index (χ2n) is 6.71. The van der Waals surface area contributed by atoms with Gasteiger partial charge >= 0.3 is 5.69 Å². The molecule has 0 spiro atoms. The maximum Gasteiger partial charge on any atom is 0.328 e. The van der Waals surface area contributed by atoms with Crippen molar-refractivity contribution in [2.75, 3.05) is 6.54 Å². The van der Waals surface area contributed by atoms with Crippen molar-refractivity contribution in [3.63, 3.8) is 0 Å². The van der Waals surface area contributed by atoms with Gasteiger partial charge in [-0.2, -0.15) is 0 Å². The van der Waals surface area contributed by atoms with Crippen LogP contribution in [0.1, 0.15) is 47.3 Å². The minimum atomic E-state index is -0.416. The third-order valence-electron chi connectivity index (χ3n) is 4.83. The van der Waals surface area contributed by atoms with Crippen LogP contribution in [0.4, 0.5) is 0 Å². The van der Waals surface area contributed by atoms with Gasteiger partial charge < -0.3 is 5.32 Å². The third-order valence-corrected chi connectivity index (χ3v) is 4.83. The van der Waals surface area contributed by atoms with Gasteiger partial charge in [-0.25, -0.2) is 4.79 Å². The predicted molar refractivity (Wildman–Crippen MR) is 101 cm³/mol. The summed E-state index contributed by atoms with van der Waals surface area (Å²) in [6.45, 7) is 0.328. The Morgan fingerprint density at radius 1 is 1.07 bits per heavy atom. The number of H-pyrrole nitrogens is 1. The van der Waals surface area contributed by atoms with Crippen molar-refractivity contribution in [3.8, 4) is 0 Å². The number of benzene rings is 1. The molecule has 27 heavy (non-hydrogen) atoms. The zero-order chi connectivity index (χ0) is 19.2. The molecule has 0 fully saturated rings. The molecule has 3 rings (SSSR count). The van der Waals surface area contributed by atoms with Crippen molar-refractivity contribution < 1.29 is 9.59 Å². The Labute approximate surface area is 156 Å². The summed E-state index contributed by atoms with van der Waals surface area (Å²) in [4.78, 5) is 50.4. The van der Waals surface area contributed by atoms with Crippen LogP contribution in [0.15, 0.2) is 39.9 Å². The van der Waals surface area contributed by atoms with Gasteiger partial charge in [0.25, 0.3) is 5.56 Å². The first-order valence-electron chi connectivity index (χ1n) is 9.26. The summed E-state index contributed by atoms with van der Waals surface area (Å²) in [6, 6.07) is 8.79. The minimum Gasteiger partial charge on any atom is -0.349 e. The van der Waals surface area contributed by atoms with Crippen LogP contribution in [0.3, 0.4) is 0 Å². The van der Waals surface area contributed by atoms with Gasteiger partial charge in [0.05, 0.1) is 6.54 Å². The molecule has 0 saturated carbocycles. The second-order valence-corrected chi connectivity index (χ2v) is 6.71. The van der Waals surface area contributed by atoms with E-state index in [4.69, 9.17) is 0 Å². The molecule has 1 aromatic carbocycles. The lowest BCUT2D eigenvalue weighted by Crippen LogP contribution is -2.37. The zero-order valence-electron chi connectivity index (χ0n) is 15.1. The highest BCUT2D eigenvalue weighted by Crippen LogP contribution is 2.16. The predicted octanol–water partition coefficient (Wildman–Crippen LogP) is 1.19. The first-order chi connectivity index (χ1) is 13.1. The first kappa shape index (κ1) is 18.8. The fourth-order valence-corrected chi connectivity index (χ4v) is 3.42. The van der Waals surface area contributed by atoms with E-state index < -0.39 is 5.69 Å². The number of nitrogens with one attached hydrogen (secondary N) is 2. The molecule has 0 bridgehead atoms. The van der Waals surface area contributed by atoms with Crippen LogP contribution in [-0.4, -0.2) is 27.8 Å². The summed E-state index contributed by atoms with van der Waals surface area (Å²) in [7, 11) is 0. The Morgan fingerprint density at radius 3 is 2.59 bits per heavy atom. The maximum atomic E-state index is 12.1. The van der Waals surface area contributed by atoms with Crippen molar-refractivity contribution in [1.29, 1.82) is 0 Å². The Hall–Kier alpha value is -2.96. The van der Waals surface area contributed by atoms with E-state index in [2.05, 4.69) is 10.3 Å². The molecule has 7 heteroatoms. The number of carbonyl (C=O) groups is 2. The number of hydrogen-bond acceptors (Lipinski definition) is 4. The highest BCUT2D eigenvalue weighted by molar-refractivity contribution is 5.99. The van der Waals surface area contributed by atoms with Gasteiger partial charge in [-0.05, 0) is 32.1 Å². The fraction of sp³-hybridized carbons (Fsp3) is 0.400. The van der Waals surface area contributed by atoms with Gasteiger partial charge in [0.1, 0.15) is 0 Å². The van der Waals surface area contributed by atoms with Gasteiger partial charge in [-0.1, -0.05) is 30.3 Å². The molecule has 1 aliphatic rings. The first-order valence-corrected chi connectivity index (χ1v) is 9.26. The Morgan fingerprint density at radius 2 is 1.81 bits per heavy atom. The molecule has 0 saturated heterocycles. The average molecular weight is 369 g/mol. The molecule has 0 atom stereocenters. The number of nitrogens with zero attached hydrogens (tertiary/aromatic N) is 1. The van der Waals surface area contributed by atoms with Crippen LogP contribution in [-0.2, 0) is 24.2 Å². The summed E-state index contributed by atoms with van der Waals surface area (Å²) in [5.41, 5.74) is 1.35. The molecule has 1 aliphatic carbocycles. The van der Waals surface area contributed by atoms with Gasteiger partial charge in [0.2, 0.25) is 5.91 Å². The molecular formula is C20H23N3O4. The van der Waals surface area contributed by atoms with Crippen LogP contribution >= 0.6 is 0 Å². The van der Waals surface area contributed by atoms with Gasteiger partial charge in [0, 0.05) is 29.8 Å². The number of aromatic amines is 1. The number of amides is 1. The van der Waals surface area contributed by atoms with Crippen LogP contribution in [0, 0.1) is 0 Å². The monoisotopic (exact) mass is 369 g/mol. The number of aromatic nitrogens is 2. The molecule has 0 radical (unpaired) electrons. The zero-order valence-corrected chi connectivity index (χ0v) is 15.1. The Kier molecular flexibility index (Phi) is 6.01. The molecule has 1 aromatic heterocycles. The maximum absolute atomic E-state index is 12.1. The van der Waals surface area contributed by atoms with Crippen LogP contribution in [0.2, 0.25) is 0 Å². The average Bonchev–Trinajstić information content (AvgIpc) is 2.69. The summed E-state index contributed by atoms with van der Waals surface area (Å²) >= 11 is 0. The largest absolute Gasteiger partial charge is 0.349 e. The number of Topliss-reactive ketones (excluding diaryl/α,β-unsaturated/α-hetero) is 1. The van der Waals surface area contributed by atoms with E-state index in [0.717, 1.165) is 18.5 Å². The molecule has 2 N–H and O–H groups in total. The number of rotatable bonds is 7. The molecule has 0 unspecified atom stereocenters. The van der Waals surface area contributed by atoms with Crippen molar-refractivity contribution in [3.05, 3.63) is 68.0 Å². The lowest BCUT2D eigenvalue weighted by Gasteiger charge is -2.19. The molecule has 0 aliphatic heterocycles. The third kappa shape index (κ3) is 4.61. The van der Waals surface area contributed by atoms with Crippen molar-refractivity contribution >= 4 is 11.7 Å². The van der Waals surface area contributed by atoms with Crippen LogP contribution < -0.4 is 16.6 Å². The van der Waals surface area contributed by atoms with Crippen molar-refractivity contribution in [1.82, 2.24) is 14.9 Å². The number of fused-ring (bicyclic) bond motifs is 1. The lowest BCUT2D eigenvalue weighted by molar-refractivity contribution is -0.121. The normalized spacial score (nSPS) is 13.0. The Bertz CT molecular complexity index is 944. The standard InChI is InChI=1S/C20H23N3O4/c24-17(14-7-2-1-3-8-14)13-21-18(25)11-6-12-23-16-10-5-4-9-15(16)19(26)22-20(23)27/h1-3,7-8H,4-6,9-13H2,(H,21,25)(H,22,26,27). The number of ketones is 1. The van der Waals surface area contributed by atoms with Crippen molar-refractivity contribution in [2.45, 2.75) is 45.1 Å². The smallest absolute Gasteiger partial charge is 0.328 e. The summed E-state index contributed by atoms with van der Waals surface area (Å²) < 4.78 is 1.58. The second kappa shape index (κ2) is 8.62. The SMILES string of the molecule is O=C(CCCn1c2c(c(=O)[nH]c1=O)CCCC2)NCC(=O)c1ccccc1. The van der Waals surface area contributed by atoms with E-state index in [0.29, 0.717) is 36.9 Å². The lowest BCUT2D eigenvalue weighted by atomic mass is 9.97. The number of hydrogen-bond donors (Lipinski definition) is 2. The minimum absolute atomic E-state index is 0.0448. The van der Waals surface area contributed by atoms with Crippen LogP contribution in [0.25, 0.3) is 0 Å². The molecule has 1 amide bonds. The van der Waals surface area contributed by atoms with E-state index in [1.54, 1.807) is 28.8 Å². The van der Waals surface area contributed by atoms with Crippen LogP contribution in [0.5, 0.6) is 0 Å². The molecule has 142 valence electrons. The molecule has 2 aromatic rings. The number of carbonyl (C=O) groups excluding carboxylic acids is 2. The quantitative estimate of drug-likeness (QED) is 0.716. The summed E-state index contributed by atoms with van der Waals surface area (Å²) in [5, 5.41) is 2.62. The van der Waals surface area contributed by atoms with E-state index in [9.17, 15) is 19.2 Å². The van der Waals surface area contributed by atoms with E-state index >= 15 is 0 Å². The fourth-order valence-electron chi connectivity index (χ4n) is 3.42. The Balaban J connectivity index is 1.53. The topological polar surface area (TPSA) is 101 Å². The summed E-state index contributed by atoms with van der Waals surface area (Å²) in [6.07, 6.45) is 3.98. The van der Waals surface area contributed by atoms with Gasteiger partial charge in [-0.15, -0.1) is 0 Å². The highest BCUT2D eigenvalue weighted by Gasteiger charge is 2.18. The summed E-state index contributed by atoms with van der Waals surface area (Å²) in [5.74, 6) is -0.375. The van der Waals surface area contributed by atoms with E-state index in [1.807, 2.05) is 6.07 Å². The van der Waals surface area contributed by atoms with Gasteiger partial charge in [-0.3, -0.25) is 23.9 Å². The highest BCUT2D eigenvalue weighted by atomic mass is 16.2. The van der Waals surface area contributed by atoms with Crippen molar-refractivity contribution in [2.24, 2.45) is 0 Å². The van der Waals surface area contributed by atoms with E-state index in [-0.39, 0.29) is 30.2 Å². The molecule has 7 nitrogen and oxygen atoms in total. The van der Waals surface area contributed by atoms with E-state index in [1.165, 1.54) is 0 Å².